The van der Waals surface area contributed by atoms with Crippen LogP contribution in [-0.4, -0.2) is 22.9 Å². The Morgan fingerprint density at radius 3 is 2.53 bits per heavy atom. The molecule has 0 unspecified atom stereocenters. The van der Waals surface area contributed by atoms with E-state index >= 15 is 0 Å². The largest absolute Gasteiger partial charge is 0.478 e. The van der Waals surface area contributed by atoms with Gasteiger partial charge in [-0.15, -0.1) is 11.3 Å². The zero-order valence-electron chi connectivity index (χ0n) is 11.0. The van der Waals surface area contributed by atoms with Crippen LogP contribution >= 0.6 is 11.3 Å². The van der Waals surface area contributed by atoms with Gasteiger partial charge in [0.25, 0.3) is 0 Å². The molecule has 1 aliphatic rings. The first-order valence-corrected chi connectivity index (χ1v) is 6.83. The van der Waals surface area contributed by atoms with Crippen molar-refractivity contribution in [3.05, 3.63) is 16.5 Å². The Labute approximate surface area is 114 Å². The van der Waals surface area contributed by atoms with Crippen molar-refractivity contribution in [2.24, 2.45) is 5.41 Å². The predicted octanol–water partition coefficient (Wildman–Crippen LogP) is 2.30. The molecule has 1 aliphatic heterocycles. The van der Waals surface area contributed by atoms with Crippen molar-refractivity contribution in [2.75, 3.05) is 4.90 Å². The van der Waals surface area contributed by atoms with Gasteiger partial charge in [0.15, 0.2) is 0 Å². The molecule has 0 spiro atoms. The highest BCUT2D eigenvalue weighted by atomic mass is 32.1. The average Bonchev–Trinajstić information content (AvgIpc) is 2.79. The lowest BCUT2D eigenvalue weighted by molar-refractivity contribution is -0.124. The number of aryl methyl sites for hydroxylation is 1. The van der Waals surface area contributed by atoms with E-state index in [9.17, 15) is 19.5 Å². The van der Waals surface area contributed by atoms with Gasteiger partial charge in [0, 0.05) is 11.3 Å². The topological polar surface area (TPSA) is 74.7 Å². The zero-order chi connectivity index (χ0) is 14.4. The number of carbonyl (C=O) groups is 3. The summed E-state index contributed by atoms with van der Waals surface area (Å²) in [7, 11) is 0. The molecule has 2 rings (SSSR count). The molecule has 2 amide bonds. The number of thiophene rings is 1. The highest BCUT2D eigenvalue weighted by Gasteiger charge is 2.47. The lowest BCUT2D eigenvalue weighted by Crippen LogP contribution is -2.33. The van der Waals surface area contributed by atoms with Gasteiger partial charge in [-0.3, -0.25) is 9.59 Å². The van der Waals surface area contributed by atoms with E-state index in [0.717, 1.165) is 9.78 Å². The summed E-state index contributed by atoms with van der Waals surface area (Å²) in [6.45, 7) is 5.29. The first kappa shape index (κ1) is 13.7. The second-order valence-electron chi connectivity index (χ2n) is 5.19. The van der Waals surface area contributed by atoms with Crippen LogP contribution in [0.25, 0.3) is 0 Å². The summed E-state index contributed by atoms with van der Waals surface area (Å²) in [5, 5.41) is 9.44. The van der Waals surface area contributed by atoms with Gasteiger partial charge < -0.3 is 5.11 Å². The molecule has 1 aromatic heterocycles. The SMILES string of the molecule is CCc1cc(C(=O)O)c(N2C(=O)CC(C)(C)C2=O)s1. The van der Waals surface area contributed by atoms with Crippen LogP contribution in [0.5, 0.6) is 0 Å². The maximum Gasteiger partial charge on any atom is 0.338 e. The molecule has 2 heterocycles. The summed E-state index contributed by atoms with van der Waals surface area (Å²) in [6.07, 6.45) is 0.787. The molecule has 0 bridgehead atoms. The monoisotopic (exact) mass is 281 g/mol. The van der Waals surface area contributed by atoms with Crippen LogP contribution in [0.1, 0.15) is 42.4 Å². The van der Waals surface area contributed by atoms with Crippen molar-refractivity contribution in [2.45, 2.75) is 33.6 Å². The minimum Gasteiger partial charge on any atom is -0.478 e. The van der Waals surface area contributed by atoms with E-state index < -0.39 is 11.4 Å². The predicted molar refractivity (Wildman–Crippen MR) is 71.5 cm³/mol. The number of hydrogen-bond acceptors (Lipinski definition) is 4. The van der Waals surface area contributed by atoms with Crippen molar-refractivity contribution in [3.8, 4) is 0 Å². The summed E-state index contributed by atoms with van der Waals surface area (Å²) in [6, 6.07) is 1.54. The smallest absolute Gasteiger partial charge is 0.338 e. The minimum atomic E-state index is -1.11. The molecule has 0 atom stereocenters. The van der Waals surface area contributed by atoms with Gasteiger partial charge in [0.05, 0.1) is 11.0 Å². The van der Waals surface area contributed by atoms with E-state index in [2.05, 4.69) is 0 Å². The van der Waals surface area contributed by atoms with Crippen molar-refractivity contribution in [1.82, 2.24) is 0 Å². The number of hydrogen-bond donors (Lipinski definition) is 1. The molecule has 5 nitrogen and oxygen atoms in total. The second-order valence-corrected chi connectivity index (χ2v) is 6.30. The quantitative estimate of drug-likeness (QED) is 0.863. The zero-order valence-corrected chi connectivity index (χ0v) is 11.8. The lowest BCUT2D eigenvalue weighted by Gasteiger charge is -2.16. The third kappa shape index (κ3) is 2.16. The molecular formula is C13H15NO4S. The number of carboxylic acids is 1. The van der Waals surface area contributed by atoms with Gasteiger partial charge in [0.1, 0.15) is 5.00 Å². The Balaban J connectivity index is 2.53. The third-order valence-corrected chi connectivity index (χ3v) is 4.43. The second kappa shape index (κ2) is 4.45. The molecule has 6 heteroatoms. The fraction of sp³-hybridized carbons (Fsp3) is 0.462. The van der Waals surface area contributed by atoms with E-state index in [1.807, 2.05) is 6.92 Å². The molecule has 0 aromatic carbocycles. The van der Waals surface area contributed by atoms with Gasteiger partial charge in [0.2, 0.25) is 11.8 Å². The molecule has 1 saturated heterocycles. The minimum absolute atomic E-state index is 0.0289. The van der Waals surface area contributed by atoms with Crippen LogP contribution in [0.3, 0.4) is 0 Å². The van der Waals surface area contributed by atoms with Crippen LogP contribution in [0.4, 0.5) is 5.00 Å². The van der Waals surface area contributed by atoms with E-state index in [0.29, 0.717) is 6.42 Å². The summed E-state index contributed by atoms with van der Waals surface area (Å²) < 4.78 is 0. The summed E-state index contributed by atoms with van der Waals surface area (Å²) >= 11 is 1.20. The van der Waals surface area contributed by atoms with Crippen molar-refractivity contribution in [1.29, 1.82) is 0 Å². The summed E-state index contributed by atoms with van der Waals surface area (Å²) in [5.41, 5.74) is -0.732. The third-order valence-electron chi connectivity index (χ3n) is 3.17. The lowest BCUT2D eigenvalue weighted by atomic mass is 9.92. The standard InChI is InChI=1S/C13H15NO4S/c1-4-7-5-8(11(16)17)10(19-7)14-9(15)6-13(2,3)12(14)18/h5H,4,6H2,1-3H3,(H,16,17). The Bertz CT molecular complexity index is 573. The van der Waals surface area contributed by atoms with Crippen molar-refractivity contribution in [3.63, 3.8) is 0 Å². The maximum absolute atomic E-state index is 12.2. The summed E-state index contributed by atoms with van der Waals surface area (Å²) in [4.78, 5) is 37.3. The fourth-order valence-electron chi connectivity index (χ4n) is 2.08. The average molecular weight is 281 g/mol. The fourth-order valence-corrected chi connectivity index (χ4v) is 3.18. The highest BCUT2D eigenvalue weighted by Crippen LogP contribution is 2.40. The number of rotatable bonds is 3. The molecule has 1 aromatic rings. The molecule has 19 heavy (non-hydrogen) atoms. The van der Waals surface area contributed by atoms with Crippen LogP contribution in [0.2, 0.25) is 0 Å². The van der Waals surface area contributed by atoms with Crippen LogP contribution in [0, 0.1) is 5.41 Å². The van der Waals surface area contributed by atoms with Gasteiger partial charge in [-0.1, -0.05) is 20.8 Å². The van der Waals surface area contributed by atoms with E-state index in [-0.39, 0.29) is 28.8 Å². The highest BCUT2D eigenvalue weighted by molar-refractivity contribution is 7.17. The molecule has 0 radical (unpaired) electrons. The molecule has 0 aliphatic carbocycles. The molecule has 1 N–H and O–H groups in total. The molecule has 1 fully saturated rings. The van der Waals surface area contributed by atoms with Gasteiger partial charge in [-0.2, -0.15) is 0 Å². The van der Waals surface area contributed by atoms with Crippen molar-refractivity contribution < 1.29 is 19.5 Å². The Hall–Kier alpha value is -1.69. The Kier molecular flexibility index (Phi) is 3.22. The van der Waals surface area contributed by atoms with E-state index in [4.69, 9.17) is 0 Å². The molecule has 0 saturated carbocycles. The first-order valence-electron chi connectivity index (χ1n) is 6.01. The van der Waals surface area contributed by atoms with Crippen LogP contribution in [0.15, 0.2) is 6.07 Å². The van der Waals surface area contributed by atoms with Gasteiger partial charge in [-0.25, -0.2) is 9.69 Å². The van der Waals surface area contributed by atoms with Gasteiger partial charge in [-0.05, 0) is 12.5 Å². The number of imide groups is 1. The number of carbonyl (C=O) groups excluding carboxylic acids is 2. The van der Waals surface area contributed by atoms with Crippen LogP contribution in [-0.2, 0) is 16.0 Å². The van der Waals surface area contributed by atoms with Crippen molar-refractivity contribution >= 4 is 34.1 Å². The first-order chi connectivity index (χ1) is 8.77. The Morgan fingerprint density at radius 2 is 2.11 bits per heavy atom. The molecular weight excluding hydrogens is 266 g/mol. The van der Waals surface area contributed by atoms with E-state index in [1.54, 1.807) is 13.8 Å². The number of carboxylic acid groups (broad SMARTS) is 1. The van der Waals surface area contributed by atoms with Gasteiger partial charge >= 0.3 is 5.97 Å². The Morgan fingerprint density at radius 1 is 1.47 bits per heavy atom. The van der Waals surface area contributed by atoms with E-state index in [1.165, 1.54) is 17.4 Å². The number of anilines is 1. The normalized spacial score (nSPS) is 18.2. The maximum atomic E-state index is 12.2. The van der Waals surface area contributed by atoms with Crippen LogP contribution < -0.4 is 4.90 Å². The summed E-state index contributed by atoms with van der Waals surface area (Å²) in [5.74, 6) is -1.78. The number of aromatic carboxylic acids is 1. The molecule has 102 valence electrons. The number of amides is 2. The number of nitrogens with zero attached hydrogens (tertiary/aromatic N) is 1.